The second-order valence-electron chi connectivity index (χ2n) is 7.22. The van der Waals surface area contributed by atoms with E-state index in [-0.39, 0.29) is 16.5 Å². The van der Waals surface area contributed by atoms with Gasteiger partial charge in [-0.25, -0.2) is 8.42 Å². The highest BCUT2D eigenvalue weighted by atomic mass is 32.2. The first-order valence-corrected chi connectivity index (χ1v) is 11.0. The predicted molar refractivity (Wildman–Crippen MR) is 105 cm³/mol. The minimum Gasteiger partial charge on any atom is -0.322 e. The number of sulfonamides is 1. The zero-order valence-corrected chi connectivity index (χ0v) is 17.1. The van der Waals surface area contributed by atoms with Crippen LogP contribution in [0.25, 0.3) is 0 Å². The first-order valence-electron chi connectivity index (χ1n) is 9.52. The normalized spacial score (nSPS) is 15.9. The Morgan fingerprint density at radius 1 is 1.07 bits per heavy atom. The van der Waals surface area contributed by atoms with Gasteiger partial charge in [0.2, 0.25) is 10.0 Å². The highest BCUT2D eigenvalue weighted by Gasteiger charge is 2.32. The van der Waals surface area contributed by atoms with Crippen LogP contribution in [0.3, 0.4) is 0 Å². The third-order valence-electron chi connectivity index (χ3n) is 5.19. The number of anilines is 1. The summed E-state index contributed by atoms with van der Waals surface area (Å²) in [5.74, 6) is -0.647. The fraction of sp³-hybridized carbons (Fsp3) is 0.400. The maximum atomic E-state index is 12.8. The summed E-state index contributed by atoms with van der Waals surface area (Å²) in [6, 6.07) is 7.42. The van der Waals surface area contributed by atoms with Crippen LogP contribution in [0.2, 0.25) is 0 Å². The number of alkyl halides is 3. The Morgan fingerprint density at radius 3 is 2.23 bits per heavy atom. The fourth-order valence-corrected chi connectivity index (χ4v) is 4.83. The molecule has 0 atom stereocenters. The second-order valence-corrected chi connectivity index (χ2v) is 9.22. The number of nitrogens with zero attached hydrogens (tertiary/aromatic N) is 2. The number of rotatable bonds is 5. The van der Waals surface area contributed by atoms with Crippen molar-refractivity contribution in [1.29, 1.82) is 0 Å². The first kappa shape index (κ1) is 22.2. The number of carbonyl (C=O) groups excluding carboxylic acids is 1. The number of carbonyl (C=O) groups is 1. The maximum Gasteiger partial charge on any atom is 0.433 e. The summed E-state index contributed by atoms with van der Waals surface area (Å²) in [5, 5.41) is 2.52. The van der Waals surface area contributed by atoms with Gasteiger partial charge in [-0.3, -0.25) is 9.78 Å². The van der Waals surface area contributed by atoms with Gasteiger partial charge in [0.05, 0.1) is 10.5 Å². The summed E-state index contributed by atoms with van der Waals surface area (Å²) < 4.78 is 64.8. The van der Waals surface area contributed by atoms with E-state index in [9.17, 15) is 26.4 Å². The molecular weight excluding hydrogens is 419 g/mol. The molecule has 10 heteroatoms. The van der Waals surface area contributed by atoms with Crippen molar-refractivity contribution in [2.24, 2.45) is 0 Å². The molecule has 1 aromatic carbocycles. The molecule has 0 saturated heterocycles. The number of benzene rings is 1. The maximum absolute atomic E-state index is 12.8. The highest BCUT2D eigenvalue weighted by Crippen LogP contribution is 2.28. The van der Waals surface area contributed by atoms with Crippen molar-refractivity contribution in [2.75, 3.05) is 12.4 Å². The van der Waals surface area contributed by atoms with Gasteiger partial charge in [0.15, 0.2) is 0 Å². The molecule has 1 aromatic heterocycles. The van der Waals surface area contributed by atoms with E-state index in [0.717, 1.165) is 50.4 Å². The third kappa shape index (κ3) is 4.99. The molecule has 3 rings (SSSR count). The molecule has 30 heavy (non-hydrogen) atoms. The van der Waals surface area contributed by atoms with Crippen molar-refractivity contribution in [3.63, 3.8) is 0 Å². The largest absolute Gasteiger partial charge is 0.433 e. The number of hydrogen-bond donors (Lipinski definition) is 1. The van der Waals surface area contributed by atoms with Crippen molar-refractivity contribution in [3.8, 4) is 0 Å². The summed E-state index contributed by atoms with van der Waals surface area (Å²) in [6.45, 7) is 0. The standard InChI is InChI=1S/C20H22F3N3O3S/c1-26(16-5-3-2-4-6-16)30(28,29)17-10-8-15(9-11-17)25-19(27)14-7-12-18(24-13-14)20(21,22)23/h7-13,16H,2-6H2,1H3,(H,25,27). The van der Waals surface area contributed by atoms with E-state index in [2.05, 4.69) is 10.3 Å². The minimum atomic E-state index is -4.58. The molecule has 1 N–H and O–H groups in total. The lowest BCUT2D eigenvalue weighted by molar-refractivity contribution is -0.141. The van der Waals surface area contributed by atoms with E-state index in [1.54, 1.807) is 7.05 Å². The Bertz CT molecular complexity index is 985. The van der Waals surface area contributed by atoms with Gasteiger partial charge < -0.3 is 5.32 Å². The molecule has 0 unspecified atom stereocenters. The molecule has 1 heterocycles. The summed E-state index contributed by atoms with van der Waals surface area (Å²) in [5.41, 5.74) is -0.813. The number of aromatic nitrogens is 1. The van der Waals surface area contributed by atoms with Crippen LogP contribution < -0.4 is 5.32 Å². The molecule has 1 amide bonds. The van der Waals surface area contributed by atoms with E-state index in [0.29, 0.717) is 5.69 Å². The summed E-state index contributed by atoms with van der Waals surface area (Å²) in [6.07, 6.45) is 1.07. The number of hydrogen-bond acceptors (Lipinski definition) is 4. The lowest BCUT2D eigenvalue weighted by Gasteiger charge is -2.30. The van der Waals surface area contributed by atoms with Gasteiger partial charge >= 0.3 is 6.18 Å². The lowest BCUT2D eigenvalue weighted by atomic mass is 9.96. The molecular formula is C20H22F3N3O3S. The molecule has 0 bridgehead atoms. The minimum absolute atomic E-state index is 0.0182. The number of amides is 1. The average Bonchev–Trinajstić information content (AvgIpc) is 2.73. The molecule has 1 aliphatic carbocycles. The average molecular weight is 441 g/mol. The van der Waals surface area contributed by atoms with Gasteiger partial charge in [0.25, 0.3) is 5.91 Å². The van der Waals surface area contributed by atoms with Gasteiger partial charge in [0.1, 0.15) is 5.69 Å². The van der Waals surface area contributed by atoms with E-state index < -0.39 is 27.8 Å². The molecule has 162 valence electrons. The lowest BCUT2D eigenvalue weighted by Crippen LogP contribution is -2.38. The summed E-state index contributed by atoms with van der Waals surface area (Å²) >= 11 is 0. The van der Waals surface area contributed by atoms with Crippen LogP contribution in [0.5, 0.6) is 0 Å². The molecule has 6 nitrogen and oxygen atoms in total. The van der Waals surface area contributed by atoms with E-state index in [4.69, 9.17) is 0 Å². The van der Waals surface area contributed by atoms with E-state index >= 15 is 0 Å². The van der Waals surface area contributed by atoms with Crippen LogP contribution in [-0.2, 0) is 16.2 Å². The summed E-state index contributed by atoms with van der Waals surface area (Å²) in [4.78, 5) is 15.6. The molecule has 1 aliphatic rings. The molecule has 2 aromatic rings. The summed E-state index contributed by atoms with van der Waals surface area (Å²) in [7, 11) is -2.07. The quantitative estimate of drug-likeness (QED) is 0.750. The Hall–Kier alpha value is -2.46. The van der Waals surface area contributed by atoms with Gasteiger partial charge in [-0.2, -0.15) is 17.5 Å². The monoisotopic (exact) mass is 441 g/mol. The van der Waals surface area contributed by atoms with Crippen LogP contribution >= 0.6 is 0 Å². The molecule has 1 saturated carbocycles. The van der Waals surface area contributed by atoms with Crippen LogP contribution in [0.1, 0.15) is 48.2 Å². The van der Waals surface area contributed by atoms with Crippen molar-refractivity contribution in [1.82, 2.24) is 9.29 Å². The third-order valence-corrected chi connectivity index (χ3v) is 7.12. The van der Waals surface area contributed by atoms with Crippen molar-refractivity contribution in [2.45, 2.75) is 49.2 Å². The number of pyridine rings is 1. The Kier molecular flexibility index (Phi) is 6.47. The first-order chi connectivity index (χ1) is 14.1. The SMILES string of the molecule is CN(C1CCCCC1)S(=O)(=O)c1ccc(NC(=O)c2ccc(C(F)(F)F)nc2)cc1. The van der Waals surface area contributed by atoms with Gasteiger partial charge in [-0.05, 0) is 49.2 Å². The second kappa shape index (κ2) is 8.73. The predicted octanol–water partition coefficient (Wildman–Crippen LogP) is 4.31. The Labute approximate surface area is 173 Å². The molecule has 0 radical (unpaired) electrons. The van der Waals surface area contributed by atoms with Crippen LogP contribution in [-0.4, -0.2) is 36.7 Å². The van der Waals surface area contributed by atoms with Crippen LogP contribution in [0.15, 0.2) is 47.5 Å². The highest BCUT2D eigenvalue weighted by molar-refractivity contribution is 7.89. The van der Waals surface area contributed by atoms with Gasteiger partial charge in [0, 0.05) is 25.0 Å². The van der Waals surface area contributed by atoms with Crippen molar-refractivity contribution < 1.29 is 26.4 Å². The number of nitrogens with one attached hydrogen (secondary N) is 1. The van der Waals surface area contributed by atoms with Gasteiger partial charge in [-0.15, -0.1) is 0 Å². The zero-order valence-electron chi connectivity index (χ0n) is 16.3. The van der Waals surface area contributed by atoms with Gasteiger partial charge in [-0.1, -0.05) is 19.3 Å². The number of halogens is 3. The molecule has 0 spiro atoms. The van der Waals surface area contributed by atoms with E-state index in [1.165, 1.54) is 28.6 Å². The Balaban J connectivity index is 1.68. The fourth-order valence-electron chi connectivity index (χ4n) is 3.42. The molecule has 0 aliphatic heterocycles. The van der Waals surface area contributed by atoms with Crippen LogP contribution in [0, 0.1) is 0 Å². The Morgan fingerprint density at radius 2 is 1.70 bits per heavy atom. The smallest absolute Gasteiger partial charge is 0.322 e. The molecule has 1 fully saturated rings. The van der Waals surface area contributed by atoms with Crippen LogP contribution in [0.4, 0.5) is 18.9 Å². The van der Waals surface area contributed by atoms with Crippen molar-refractivity contribution in [3.05, 3.63) is 53.9 Å². The van der Waals surface area contributed by atoms with E-state index in [1.807, 2.05) is 0 Å². The zero-order chi connectivity index (χ0) is 21.9. The topological polar surface area (TPSA) is 79.4 Å². The van der Waals surface area contributed by atoms with Crippen molar-refractivity contribution >= 4 is 21.6 Å².